The van der Waals surface area contributed by atoms with Crippen molar-refractivity contribution < 1.29 is 4.74 Å². The molecule has 0 fully saturated rings. The zero-order valence-electron chi connectivity index (χ0n) is 16.3. The summed E-state index contributed by atoms with van der Waals surface area (Å²) in [6, 6.07) is 10.4. The van der Waals surface area contributed by atoms with Gasteiger partial charge in [-0.3, -0.25) is 0 Å². The molecule has 0 amide bonds. The average molecular weight is 372 g/mol. The fourth-order valence-electron chi connectivity index (χ4n) is 3.54. The molecule has 5 heteroatoms. The van der Waals surface area contributed by atoms with Gasteiger partial charge in [0.15, 0.2) is 0 Å². The third-order valence-electron chi connectivity index (χ3n) is 5.16. The lowest BCUT2D eigenvalue weighted by Crippen LogP contribution is -2.36. The molecule has 1 aromatic heterocycles. The van der Waals surface area contributed by atoms with Crippen molar-refractivity contribution in [3.63, 3.8) is 0 Å². The molecule has 0 spiro atoms. The van der Waals surface area contributed by atoms with Gasteiger partial charge in [0.05, 0.1) is 12.2 Å². The largest absolute Gasteiger partial charge is 0.370 e. The molecule has 0 aliphatic carbocycles. The Balaban J connectivity index is 2.12. The van der Waals surface area contributed by atoms with Crippen LogP contribution in [-0.4, -0.2) is 39.7 Å². The first kappa shape index (κ1) is 19.2. The number of hydrogen-bond donors (Lipinski definition) is 0. The lowest BCUT2D eigenvalue weighted by molar-refractivity contribution is -0.0429. The maximum Gasteiger partial charge on any atom is 0.141 e. The molecular formula is C21H29N3OS. The topological polar surface area (TPSA) is 30.3 Å². The Morgan fingerprint density at radius 3 is 2.54 bits per heavy atom. The lowest BCUT2D eigenvalue weighted by atomic mass is 9.96. The highest BCUT2D eigenvalue weighted by Gasteiger charge is 2.30. The van der Waals surface area contributed by atoms with Gasteiger partial charge in [0.2, 0.25) is 0 Å². The van der Waals surface area contributed by atoms with E-state index in [9.17, 15) is 0 Å². The lowest BCUT2D eigenvalue weighted by Gasteiger charge is -2.34. The van der Waals surface area contributed by atoms with Crippen LogP contribution in [0.25, 0.3) is 11.4 Å². The molecule has 1 aliphatic rings. The number of ether oxygens (including phenoxy) is 1. The number of likely N-dealkylation sites (N-methyl/N-ethyl adjacent to an activating group) is 1. The minimum Gasteiger partial charge on any atom is -0.370 e. The second-order valence-corrected chi connectivity index (χ2v) is 7.82. The van der Waals surface area contributed by atoms with Crippen LogP contribution in [0.15, 0.2) is 30.3 Å². The molecule has 0 radical (unpaired) electrons. The van der Waals surface area contributed by atoms with Gasteiger partial charge in [-0.05, 0) is 26.9 Å². The van der Waals surface area contributed by atoms with Gasteiger partial charge in [-0.2, -0.15) is 0 Å². The van der Waals surface area contributed by atoms with Crippen molar-refractivity contribution in [2.75, 3.05) is 19.6 Å². The first-order chi connectivity index (χ1) is 12.4. The van der Waals surface area contributed by atoms with Crippen LogP contribution in [0.1, 0.15) is 39.0 Å². The molecule has 0 bridgehead atoms. The highest BCUT2D eigenvalue weighted by molar-refractivity contribution is 7.71. The molecule has 2 heterocycles. The summed E-state index contributed by atoms with van der Waals surface area (Å²) >= 11 is 5.63. The van der Waals surface area contributed by atoms with Crippen LogP contribution < -0.4 is 0 Å². The molecule has 3 rings (SSSR count). The second kappa shape index (κ2) is 7.99. The van der Waals surface area contributed by atoms with Crippen molar-refractivity contribution in [1.82, 2.24) is 14.5 Å². The van der Waals surface area contributed by atoms with Crippen LogP contribution >= 0.6 is 12.2 Å². The van der Waals surface area contributed by atoms with Gasteiger partial charge in [0, 0.05) is 36.3 Å². The Kier molecular flexibility index (Phi) is 5.90. The average Bonchev–Trinajstić information content (AvgIpc) is 2.63. The Hall–Kier alpha value is -1.56. The number of rotatable bonds is 6. The molecule has 0 unspecified atom stereocenters. The smallest absolute Gasteiger partial charge is 0.141 e. The van der Waals surface area contributed by atoms with Gasteiger partial charge in [0.25, 0.3) is 0 Å². The summed E-state index contributed by atoms with van der Waals surface area (Å²) in [7, 11) is 0. The zero-order chi connectivity index (χ0) is 18.7. The number of nitrogens with zero attached hydrogens (tertiary/aromatic N) is 3. The Labute approximate surface area is 161 Å². The molecule has 2 aromatic rings. The molecule has 4 nitrogen and oxygen atoms in total. The first-order valence-electron chi connectivity index (χ1n) is 9.49. The van der Waals surface area contributed by atoms with Crippen LogP contribution in [0.2, 0.25) is 0 Å². The predicted octanol–water partition coefficient (Wildman–Crippen LogP) is 4.47. The summed E-state index contributed by atoms with van der Waals surface area (Å²) in [5, 5.41) is 0. The van der Waals surface area contributed by atoms with Crippen molar-refractivity contribution >= 4 is 12.2 Å². The molecule has 0 saturated heterocycles. The Morgan fingerprint density at radius 1 is 1.19 bits per heavy atom. The van der Waals surface area contributed by atoms with Crippen LogP contribution in [0, 0.1) is 4.64 Å². The fraction of sp³-hybridized carbons (Fsp3) is 0.524. The summed E-state index contributed by atoms with van der Waals surface area (Å²) in [5.74, 6) is 0.971. The van der Waals surface area contributed by atoms with E-state index in [4.69, 9.17) is 21.9 Å². The van der Waals surface area contributed by atoms with Gasteiger partial charge in [0.1, 0.15) is 10.5 Å². The van der Waals surface area contributed by atoms with Crippen LogP contribution in [0.3, 0.4) is 0 Å². The van der Waals surface area contributed by atoms with E-state index in [1.165, 1.54) is 5.69 Å². The summed E-state index contributed by atoms with van der Waals surface area (Å²) in [4.78, 5) is 7.26. The quantitative estimate of drug-likeness (QED) is 0.701. The molecule has 140 valence electrons. The van der Waals surface area contributed by atoms with Crippen LogP contribution in [0.5, 0.6) is 0 Å². The highest BCUT2D eigenvalue weighted by atomic mass is 32.1. The zero-order valence-corrected chi connectivity index (χ0v) is 17.1. The molecule has 26 heavy (non-hydrogen) atoms. The minimum absolute atomic E-state index is 0.180. The summed E-state index contributed by atoms with van der Waals surface area (Å²) in [6.45, 7) is 13.3. The van der Waals surface area contributed by atoms with Crippen molar-refractivity contribution in [3.8, 4) is 11.4 Å². The van der Waals surface area contributed by atoms with E-state index < -0.39 is 0 Å². The maximum absolute atomic E-state index is 6.01. The van der Waals surface area contributed by atoms with E-state index >= 15 is 0 Å². The normalized spacial score (nSPS) is 15.9. The third kappa shape index (κ3) is 4.05. The number of benzene rings is 1. The Morgan fingerprint density at radius 2 is 1.88 bits per heavy atom. The summed E-state index contributed by atoms with van der Waals surface area (Å²) < 4.78 is 9.06. The van der Waals surface area contributed by atoms with Crippen molar-refractivity contribution in [2.45, 2.75) is 52.9 Å². The summed E-state index contributed by atoms with van der Waals surface area (Å²) in [6.07, 6.45) is 0.854. The van der Waals surface area contributed by atoms with Gasteiger partial charge >= 0.3 is 0 Å². The van der Waals surface area contributed by atoms with Gasteiger partial charge in [-0.15, -0.1) is 0 Å². The SMILES string of the molecule is CCN(CC)CCn1c(-c2ccccc2)nc(=S)c2c1CC(C)(C)OC2. The minimum atomic E-state index is -0.180. The maximum atomic E-state index is 6.01. The monoisotopic (exact) mass is 371 g/mol. The molecule has 1 aromatic carbocycles. The predicted molar refractivity (Wildman–Crippen MR) is 109 cm³/mol. The second-order valence-electron chi connectivity index (χ2n) is 7.44. The standard InChI is InChI=1S/C21H29N3OS/c1-5-23(6-2)12-13-24-18-14-21(3,4)25-15-17(18)20(26)22-19(24)16-10-8-7-9-11-16/h7-11H,5-6,12-15H2,1-4H3. The summed E-state index contributed by atoms with van der Waals surface area (Å²) in [5.41, 5.74) is 3.30. The fourth-order valence-corrected chi connectivity index (χ4v) is 3.80. The molecular weight excluding hydrogens is 342 g/mol. The van der Waals surface area contributed by atoms with E-state index in [-0.39, 0.29) is 5.60 Å². The first-order valence-corrected chi connectivity index (χ1v) is 9.90. The molecule has 1 aliphatic heterocycles. The number of aromatic nitrogens is 2. The van der Waals surface area contributed by atoms with E-state index in [1.54, 1.807) is 0 Å². The molecule has 0 saturated carbocycles. The van der Waals surface area contributed by atoms with Gasteiger partial charge in [-0.1, -0.05) is 56.4 Å². The van der Waals surface area contributed by atoms with Crippen LogP contribution in [-0.2, 0) is 24.3 Å². The van der Waals surface area contributed by atoms with E-state index in [0.29, 0.717) is 11.2 Å². The number of fused-ring (bicyclic) bond motifs is 1. The van der Waals surface area contributed by atoms with Crippen LogP contribution in [0.4, 0.5) is 0 Å². The third-order valence-corrected chi connectivity index (χ3v) is 5.50. The number of hydrogen-bond acceptors (Lipinski definition) is 4. The van der Waals surface area contributed by atoms with E-state index in [2.05, 4.69) is 61.4 Å². The molecule has 0 N–H and O–H groups in total. The Bertz CT molecular complexity index is 810. The van der Waals surface area contributed by atoms with E-state index in [0.717, 1.165) is 49.6 Å². The van der Waals surface area contributed by atoms with Gasteiger partial charge < -0.3 is 14.2 Å². The van der Waals surface area contributed by atoms with Crippen molar-refractivity contribution in [3.05, 3.63) is 46.2 Å². The van der Waals surface area contributed by atoms with E-state index in [1.807, 2.05) is 6.07 Å². The van der Waals surface area contributed by atoms with Crippen molar-refractivity contribution in [1.29, 1.82) is 0 Å². The van der Waals surface area contributed by atoms with Crippen molar-refractivity contribution in [2.24, 2.45) is 0 Å². The highest BCUT2D eigenvalue weighted by Crippen LogP contribution is 2.31. The van der Waals surface area contributed by atoms with Gasteiger partial charge in [-0.25, -0.2) is 4.98 Å². The molecule has 0 atom stereocenters.